The molecule has 0 saturated heterocycles. The van der Waals surface area contributed by atoms with Crippen molar-refractivity contribution in [3.63, 3.8) is 0 Å². The molecule has 24 heavy (non-hydrogen) atoms. The lowest BCUT2D eigenvalue weighted by Gasteiger charge is -2.13. The largest absolute Gasteiger partial charge is 0.447 e. The Balaban J connectivity index is 2.02. The van der Waals surface area contributed by atoms with Crippen molar-refractivity contribution in [2.24, 2.45) is 5.14 Å². The van der Waals surface area contributed by atoms with Crippen LogP contribution >= 0.6 is 11.6 Å². The van der Waals surface area contributed by atoms with Gasteiger partial charge in [0.15, 0.2) is 11.3 Å². The highest BCUT2D eigenvalue weighted by Crippen LogP contribution is 2.18. The Labute approximate surface area is 141 Å². The third-order valence-electron chi connectivity index (χ3n) is 2.73. The molecule has 0 aliphatic rings. The molecule has 2 aromatic heterocycles. The predicted octanol–water partition coefficient (Wildman–Crippen LogP) is 1.16. The van der Waals surface area contributed by atoms with E-state index in [1.807, 2.05) is 0 Å². The molecule has 0 aromatic carbocycles. The molecule has 128 valence electrons. The number of nitrogens with one attached hydrogen (secondary N) is 1. The van der Waals surface area contributed by atoms with Crippen LogP contribution < -0.4 is 10.5 Å². The Bertz CT molecular complexity index is 879. The van der Waals surface area contributed by atoms with E-state index in [-0.39, 0.29) is 10.8 Å². The van der Waals surface area contributed by atoms with Crippen molar-refractivity contribution in [2.75, 3.05) is 5.32 Å². The Morgan fingerprint density at radius 1 is 1.38 bits per heavy atom. The van der Waals surface area contributed by atoms with Gasteiger partial charge in [-0.15, -0.1) is 0 Å². The first-order valence-electron chi connectivity index (χ1n) is 6.43. The quantitative estimate of drug-likeness (QED) is 0.591. The van der Waals surface area contributed by atoms with Crippen molar-refractivity contribution in [2.45, 2.75) is 18.1 Å². The number of halogens is 1. The van der Waals surface area contributed by atoms with Crippen LogP contribution in [0.1, 0.15) is 17.5 Å². The lowest BCUT2D eigenvalue weighted by atomic mass is 10.3. The van der Waals surface area contributed by atoms with Crippen molar-refractivity contribution in [3.05, 3.63) is 41.4 Å². The average molecular weight is 374 g/mol. The molecule has 1 atom stereocenters. The zero-order valence-corrected chi connectivity index (χ0v) is 13.8. The second-order valence-electron chi connectivity index (χ2n) is 4.54. The van der Waals surface area contributed by atoms with Crippen molar-refractivity contribution >= 4 is 39.2 Å². The minimum absolute atomic E-state index is 0.0770. The lowest BCUT2D eigenvalue weighted by Crippen LogP contribution is -2.30. The third kappa shape index (κ3) is 4.31. The Kier molecular flexibility index (Phi) is 5.22. The maximum Gasteiger partial charge on any atom is 0.375 e. The minimum atomic E-state index is -4.08. The van der Waals surface area contributed by atoms with Crippen molar-refractivity contribution in [1.29, 1.82) is 0 Å². The molecular formula is C13H12ClN3O6S. The van der Waals surface area contributed by atoms with Gasteiger partial charge in [0.25, 0.3) is 15.9 Å². The molecule has 2 aromatic rings. The molecule has 0 bridgehead atoms. The van der Waals surface area contributed by atoms with Gasteiger partial charge in [-0.25, -0.2) is 23.3 Å². The van der Waals surface area contributed by atoms with Crippen molar-refractivity contribution in [3.8, 4) is 0 Å². The third-order valence-corrected chi connectivity index (χ3v) is 3.81. The summed E-state index contributed by atoms with van der Waals surface area (Å²) >= 11 is 5.80. The number of pyridine rings is 1. The van der Waals surface area contributed by atoms with E-state index in [1.165, 1.54) is 19.2 Å². The summed E-state index contributed by atoms with van der Waals surface area (Å²) in [5.41, 5.74) is 0.251. The number of aromatic nitrogens is 1. The smallest absolute Gasteiger partial charge is 0.375 e. The number of carbonyl (C=O) groups is 2. The summed E-state index contributed by atoms with van der Waals surface area (Å²) in [4.78, 5) is 27.6. The standard InChI is InChI=1S/C13H12ClN3O6S/c1-7(12(18)17-8-3-2-6-16-11(8)14)22-13(19)9-4-5-10(23-9)24(15,20)21/h2-7H,1H3,(H,17,18)(H2,15,20,21). The molecule has 3 N–H and O–H groups in total. The van der Waals surface area contributed by atoms with Crippen molar-refractivity contribution < 1.29 is 27.2 Å². The van der Waals surface area contributed by atoms with E-state index in [4.69, 9.17) is 25.9 Å². The highest BCUT2D eigenvalue weighted by atomic mass is 35.5. The van der Waals surface area contributed by atoms with Gasteiger partial charge >= 0.3 is 5.97 Å². The van der Waals surface area contributed by atoms with Gasteiger partial charge in [-0.05, 0) is 31.2 Å². The van der Waals surface area contributed by atoms with Crippen LogP contribution in [0.4, 0.5) is 5.69 Å². The SMILES string of the molecule is CC(OC(=O)c1ccc(S(N)(=O)=O)o1)C(=O)Nc1cccnc1Cl. The number of primary sulfonamides is 1. The summed E-state index contributed by atoms with van der Waals surface area (Å²) in [5.74, 6) is -2.08. The number of nitrogens with two attached hydrogens (primary N) is 1. The number of hydrogen-bond donors (Lipinski definition) is 2. The molecular weight excluding hydrogens is 362 g/mol. The zero-order chi connectivity index (χ0) is 17.9. The van der Waals surface area contributed by atoms with Gasteiger partial charge in [0.1, 0.15) is 0 Å². The summed E-state index contributed by atoms with van der Waals surface area (Å²) in [7, 11) is -4.08. The second kappa shape index (κ2) is 6.99. The summed E-state index contributed by atoms with van der Waals surface area (Å²) < 4.78 is 31.8. The second-order valence-corrected chi connectivity index (χ2v) is 6.39. The van der Waals surface area contributed by atoms with Crippen LogP contribution in [0.3, 0.4) is 0 Å². The van der Waals surface area contributed by atoms with E-state index in [2.05, 4.69) is 10.3 Å². The van der Waals surface area contributed by atoms with Crippen molar-refractivity contribution in [1.82, 2.24) is 4.98 Å². The molecule has 1 unspecified atom stereocenters. The molecule has 0 fully saturated rings. The molecule has 0 aliphatic heterocycles. The number of carbonyl (C=O) groups excluding carboxylic acids is 2. The van der Waals surface area contributed by atoms with E-state index in [1.54, 1.807) is 6.07 Å². The number of sulfonamides is 1. The number of amides is 1. The summed E-state index contributed by atoms with van der Waals surface area (Å²) in [6.45, 7) is 1.32. The van der Waals surface area contributed by atoms with E-state index in [9.17, 15) is 18.0 Å². The maximum absolute atomic E-state index is 12.0. The van der Waals surface area contributed by atoms with Crippen LogP contribution in [0, 0.1) is 0 Å². The summed E-state index contributed by atoms with van der Waals surface area (Å²) in [5, 5.41) is 6.79. The first kappa shape index (κ1) is 17.9. The molecule has 1 amide bonds. The van der Waals surface area contributed by atoms with Gasteiger partial charge in [-0.2, -0.15) is 0 Å². The van der Waals surface area contributed by atoms with E-state index in [0.717, 1.165) is 12.1 Å². The molecule has 0 radical (unpaired) electrons. The zero-order valence-electron chi connectivity index (χ0n) is 12.2. The fourth-order valence-electron chi connectivity index (χ4n) is 1.57. The molecule has 2 rings (SSSR count). The Hall–Kier alpha value is -2.43. The normalized spacial score (nSPS) is 12.5. The van der Waals surface area contributed by atoms with Crippen LogP contribution in [0.2, 0.25) is 5.15 Å². The molecule has 2 heterocycles. The number of nitrogens with zero attached hydrogens (tertiary/aromatic N) is 1. The number of esters is 1. The fraction of sp³-hybridized carbons (Fsp3) is 0.154. The van der Waals surface area contributed by atoms with Crippen LogP contribution in [0.15, 0.2) is 40.0 Å². The monoisotopic (exact) mass is 373 g/mol. The molecule has 11 heteroatoms. The van der Waals surface area contributed by atoms with E-state index < -0.39 is 38.9 Å². The first-order valence-corrected chi connectivity index (χ1v) is 8.36. The van der Waals surface area contributed by atoms with Gasteiger partial charge in [0.05, 0.1) is 5.69 Å². The van der Waals surface area contributed by atoms with Crippen LogP contribution in [0.25, 0.3) is 0 Å². The van der Waals surface area contributed by atoms with E-state index in [0.29, 0.717) is 0 Å². The number of ether oxygens (including phenoxy) is 1. The number of hydrogen-bond acceptors (Lipinski definition) is 7. The molecule has 0 aliphatic carbocycles. The predicted molar refractivity (Wildman–Crippen MR) is 82.8 cm³/mol. The van der Waals surface area contributed by atoms with Gasteiger partial charge < -0.3 is 14.5 Å². The highest BCUT2D eigenvalue weighted by molar-refractivity contribution is 7.89. The molecule has 0 saturated carbocycles. The van der Waals surface area contributed by atoms with Crippen LogP contribution in [-0.2, 0) is 19.6 Å². The summed E-state index contributed by atoms with van der Waals surface area (Å²) in [6.07, 6.45) is 0.248. The van der Waals surface area contributed by atoms with E-state index >= 15 is 0 Å². The maximum atomic E-state index is 12.0. The van der Waals surface area contributed by atoms with Gasteiger partial charge in [0.2, 0.25) is 10.9 Å². The number of anilines is 1. The highest BCUT2D eigenvalue weighted by Gasteiger charge is 2.23. The number of rotatable bonds is 5. The van der Waals surface area contributed by atoms with Crippen LogP contribution in [0.5, 0.6) is 0 Å². The molecule has 9 nitrogen and oxygen atoms in total. The first-order chi connectivity index (χ1) is 11.2. The lowest BCUT2D eigenvalue weighted by molar-refractivity contribution is -0.123. The Morgan fingerprint density at radius 3 is 2.67 bits per heavy atom. The van der Waals surface area contributed by atoms with Gasteiger partial charge in [-0.3, -0.25) is 4.79 Å². The number of furan rings is 1. The summed E-state index contributed by atoms with van der Waals surface area (Å²) in [6, 6.07) is 5.17. The van der Waals surface area contributed by atoms with Gasteiger partial charge in [0, 0.05) is 6.20 Å². The Morgan fingerprint density at radius 2 is 2.08 bits per heavy atom. The minimum Gasteiger partial charge on any atom is -0.447 e. The average Bonchev–Trinajstić information content (AvgIpc) is 2.99. The van der Waals surface area contributed by atoms with Gasteiger partial charge in [-0.1, -0.05) is 11.6 Å². The van der Waals surface area contributed by atoms with Crippen LogP contribution in [-0.4, -0.2) is 31.4 Å². The topological polar surface area (TPSA) is 142 Å². The molecule has 0 spiro atoms. The fourth-order valence-corrected chi connectivity index (χ4v) is 2.20.